The van der Waals surface area contributed by atoms with E-state index < -0.39 is 14.9 Å². The van der Waals surface area contributed by atoms with Crippen molar-refractivity contribution in [3.63, 3.8) is 0 Å². The Hall–Kier alpha value is -1.97. The van der Waals surface area contributed by atoms with E-state index in [9.17, 15) is 18.5 Å². The molecule has 118 valence electrons. The lowest BCUT2D eigenvalue weighted by atomic mass is 10.2. The number of thiophene rings is 1. The zero-order valence-electron chi connectivity index (χ0n) is 11.8. The van der Waals surface area contributed by atoms with Crippen LogP contribution in [0.25, 0.3) is 0 Å². The summed E-state index contributed by atoms with van der Waals surface area (Å²) in [6.45, 7) is 0.518. The van der Waals surface area contributed by atoms with Crippen molar-refractivity contribution in [2.24, 2.45) is 5.14 Å². The van der Waals surface area contributed by atoms with Crippen molar-refractivity contribution in [3.05, 3.63) is 50.7 Å². The van der Waals surface area contributed by atoms with Crippen LogP contribution in [0.5, 0.6) is 0 Å². The molecule has 0 radical (unpaired) electrons. The summed E-state index contributed by atoms with van der Waals surface area (Å²) in [4.78, 5) is 13.0. The third kappa shape index (κ3) is 3.81. The summed E-state index contributed by atoms with van der Waals surface area (Å²) >= 11 is 1.60. The fourth-order valence-electron chi connectivity index (χ4n) is 2.01. The highest BCUT2D eigenvalue weighted by atomic mass is 32.2. The smallest absolute Gasteiger partial charge is 0.271 e. The fraction of sp³-hybridized carbons (Fsp3) is 0.231. The van der Waals surface area contributed by atoms with Crippen LogP contribution in [0.4, 0.5) is 11.4 Å². The van der Waals surface area contributed by atoms with Crippen LogP contribution in [-0.2, 0) is 16.4 Å². The van der Waals surface area contributed by atoms with E-state index in [-0.39, 0.29) is 16.3 Å². The molecule has 1 aromatic carbocycles. The largest absolute Gasteiger partial charge is 0.373 e. The van der Waals surface area contributed by atoms with E-state index in [4.69, 9.17) is 5.14 Å². The average Bonchev–Trinajstić information content (AvgIpc) is 2.96. The molecule has 9 heteroatoms. The van der Waals surface area contributed by atoms with Gasteiger partial charge < -0.3 is 4.90 Å². The number of anilines is 1. The van der Waals surface area contributed by atoms with Crippen LogP contribution in [0.1, 0.15) is 4.88 Å². The number of non-ortho nitro benzene ring substituents is 1. The van der Waals surface area contributed by atoms with Gasteiger partial charge in [0.2, 0.25) is 10.0 Å². The van der Waals surface area contributed by atoms with Gasteiger partial charge in [-0.15, -0.1) is 11.3 Å². The summed E-state index contributed by atoms with van der Waals surface area (Å²) in [7, 11) is -2.27. The second-order valence-electron chi connectivity index (χ2n) is 4.71. The molecule has 0 spiro atoms. The molecule has 0 unspecified atom stereocenters. The van der Waals surface area contributed by atoms with Crippen LogP contribution in [0.3, 0.4) is 0 Å². The second-order valence-corrected chi connectivity index (χ2v) is 7.27. The molecule has 0 aliphatic heterocycles. The van der Waals surface area contributed by atoms with E-state index in [0.717, 1.165) is 10.9 Å². The monoisotopic (exact) mass is 341 g/mol. The predicted octanol–water partition coefficient (Wildman–Crippen LogP) is 1.98. The van der Waals surface area contributed by atoms with Crippen LogP contribution in [0.15, 0.2) is 40.6 Å². The Labute approximate surface area is 132 Å². The van der Waals surface area contributed by atoms with E-state index in [2.05, 4.69) is 0 Å². The molecule has 0 bridgehead atoms. The minimum Gasteiger partial charge on any atom is -0.373 e. The summed E-state index contributed by atoms with van der Waals surface area (Å²) in [5, 5.41) is 18.0. The lowest BCUT2D eigenvalue weighted by molar-refractivity contribution is -0.384. The number of nitrogens with two attached hydrogens (primary N) is 1. The fourth-order valence-corrected chi connectivity index (χ4v) is 3.47. The number of nitrogens with zero attached hydrogens (tertiary/aromatic N) is 2. The van der Waals surface area contributed by atoms with E-state index >= 15 is 0 Å². The highest BCUT2D eigenvalue weighted by Gasteiger charge is 2.20. The molecule has 2 aromatic rings. The number of rotatable bonds is 6. The summed E-state index contributed by atoms with van der Waals surface area (Å²) in [5.74, 6) is 0. The Balaban J connectivity index is 2.33. The Bertz CT molecular complexity index is 773. The molecule has 22 heavy (non-hydrogen) atoms. The van der Waals surface area contributed by atoms with Crippen molar-refractivity contribution in [2.75, 3.05) is 18.5 Å². The van der Waals surface area contributed by atoms with Crippen molar-refractivity contribution in [1.29, 1.82) is 0 Å². The van der Waals surface area contributed by atoms with Crippen molar-refractivity contribution < 1.29 is 13.3 Å². The highest BCUT2D eigenvalue weighted by molar-refractivity contribution is 7.89. The number of hydrogen-bond acceptors (Lipinski definition) is 6. The van der Waals surface area contributed by atoms with Gasteiger partial charge in [-0.05, 0) is 23.9 Å². The highest BCUT2D eigenvalue weighted by Crippen LogP contribution is 2.28. The van der Waals surface area contributed by atoms with E-state index in [1.165, 1.54) is 12.1 Å². The van der Waals surface area contributed by atoms with Crippen molar-refractivity contribution in [2.45, 2.75) is 11.3 Å². The molecule has 0 amide bonds. The first-order valence-electron chi connectivity index (χ1n) is 6.34. The first-order valence-corrected chi connectivity index (χ1v) is 8.76. The standard InChI is InChI=1S/C13H15N3O4S2/c1-15(7-6-11-3-2-8-21-11)12-9-10(16(17)18)4-5-13(12)22(14,19)20/h2-5,8-9H,6-7H2,1H3,(H2,14,19,20). The van der Waals surface area contributed by atoms with Gasteiger partial charge in [-0.2, -0.15) is 0 Å². The Morgan fingerprint density at radius 3 is 2.64 bits per heavy atom. The molecular formula is C13H15N3O4S2. The molecular weight excluding hydrogens is 326 g/mol. The first-order chi connectivity index (χ1) is 10.3. The van der Waals surface area contributed by atoms with Gasteiger partial charge in [-0.1, -0.05) is 6.07 Å². The molecule has 0 aliphatic carbocycles. The van der Waals surface area contributed by atoms with Gasteiger partial charge >= 0.3 is 0 Å². The van der Waals surface area contributed by atoms with E-state index in [0.29, 0.717) is 13.0 Å². The number of nitro groups is 1. The van der Waals surface area contributed by atoms with Gasteiger partial charge in [0, 0.05) is 30.6 Å². The third-order valence-electron chi connectivity index (χ3n) is 3.14. The van der Waals surface area contributed by atoms with Gasteiger partial charge in [0.1, 0.15) is 4.90 Å². The number of nitro benzene ring substituents is 1. The number of primary sulfonamides is 1. The van der Waals surface area contributed by atoms with Crippen molar-refractivity contribution in [3.8, 4) is 0 Å². The molecule has 0 fully saturated rings. The zero-order valence-corrected chi connectivity index (χ0v) is 13.4. The van der Waals surface area contributed by atoms with Gasteiger partial charge in [0.05, 0.1) is 10.6 Å². The summed E-state index contributed by atoms with van der Waals surface area (Å²) in [6, 6.07) is 7.45. The molecule has 1 aromatic heterocycles. The van der Waals surface area contributed by atoms with Gasteiger partial charge in [-0.3, -0.25) is 10.1 Å². The molecule has 0 atom stereocenters. The SMILES string of the molecule is CN(CCc1cccs1)c1cc([N+](=O)[O-])ccc1S(N)(=O)=O. The summed E-state index contributed by atoms with van der Waals surface area (Å²) in [5.41, 5.74) is 0.0543. The molecule has 2 rings (SSSR count). The van der Waals surface area contributed by atoms with E-state index in [1.807, 2.05) is 17.5 Å². The van der Waals surface area contributed by atoms with Crippen LogP contribution in [0, 0.1) is 10.1 Å². The quantitative estimate of drug-likeness (QED) is 0.638. The van der Waals surface area contributed by atoms with Crippen LogP contribution >= 0.6 is 11.3 Å². The molecule has 7 nitrogen and oxygen atoms in total. The van der Waals surface area contributed by atoms with Crippen molar-refractivity contribution >= 4 is 32.7 Å². The Morgan fingerprint density at radius 2 is 2.09 bits per heavy atom. The number of sulfonamides is 1. The minimum atomic E-state index is -3.95. The maximum Gasteiger partial charge on any atom is 0.271 e. The van der Waals surface area contributed by atoms with Crippen LogP contribution in [0.2, 0.25) is 0 Å². The second kappa shape index (κ2) is 6.42. The van der Waals surface area contributed by atoms with Gasteiger partial charge in [0.25, 0.3) is 5.69 Å². The molecule has 2 N–H and O–H groups in total. The third-order valence-corrected chi connectivity index (χ3v) is 5.04. The lowest BCUT2D eigenvalue weighted by Gasteiger charge is -2.21. The summed E-state index contributed by atoms with van der Waals surface area (Å²) < 4.78 is 23.3. The summed E-state index contributed by atoms with van der Waals surface area (Å²) in [6.07, 6.45) is 0.709. The number of benzene rings is 1. The normalized spacial score (nSPS) is 11.4. The Kier molecular flexibility index (Phi) is 4.79. The zero-order chi connectivity index (χ0) is 16.3. The molecule has 0 saturated carbocycles. The topological polar surface area (TPSA) is 107 Å². The minimum absolute atomic E-state index is 0.119. The first kappa shape index (κ1) is 16.4. The van der Waals surface area contributed by atoms with E-state index in [1.54, 1.807) is 23.3 Å². The maximum atomic E-state index is 11.7. The number of hydrogen-bond donors (Lipinski definition) is 1. The predicted molar refractivity (Wildman–Crippen MR) is 85.8 cm³/mol. The van der Waals surface area contributed by atoms with Crippen LogP contribution < -0.4 is 10.0 Å². The maximum absolute atomic E-state index is 11.7. The lowest BCUT2D eigenvalue weighted by Crippen LogP contribution is -2.24. The number of likely N-dealkylation sites (N-methyl/N-ethyl adjacent to an activating group) is 1. The van der Waals surface area contributed by atoms with Crippen LogP contribution in [-0.4, -0.2) is 26.9 Å². The van der Waals surface area contributed by atoms with Gasteiger partial charge in [-0.25, -0.2) is 13.6 Å². The molecule has 0 aliphatic rings. The molecule has 0 saturated heterocycles. The molecule has 1 heterocycles. The average molecular weight is 341 g/mol. The Morgan fingerprint density at radius 1 is 1.36 bits per heavy atom. The van der Waals surface area contributed by atoms with Crippen molar-refractivity contribution in [1.82, 2.24) is 0 Å². The van der Waals surface area contributed by atoms with Gasteiger partial charge in [0.15, 0.2) is 0 Å².